The van der Waals surface area contributed by atoms with Crippen molar-refractivity contribution in [2.24, 2.45) is 0 Å². The van der Waals surface area contributed by atoms with E-state index in [-0.39, 0.29) is 0 Å². The van der Waals surface area contributed by atoms with Gasteiger partial charge in [0.25, 0.3) is 5.89 Å². The summed E-state index contributed by atoms with van der Waals surface area (Å²) in [6.45, 7) is 6.94. The van der Waals surface area contributed by atoms with E-state index in [1.807, 2.05) is 18.2 Å². The van der Waals surface area contributed by atoms with Gasteiger partial charge in [-0.15, -0.1) is 0 Å². The Hall–Kier alpha value is -1.72. The molecule has 0 saturated carbocycles. The van der Waals surface area contributed by atoms with E-state index in [4.69, 9.17) is 4.52 Å². The number of piperazine rings is 1. The number of aromatic nitrogens is 2. The topological polar surface area (TPSA) is 54.2 Å². The largest absolute Gasteiger partial charge is 0.334 e. The average Bonchev–Trinajstić information content (AvgIpc) is 2.89. The lowest BCUT2D eigenvalue weighted by Crippen LogP contribution is -2.43. The Bertz CT molecular complexity index is 546. The van der Waals surface area contributed by atoms with Gasteiger partial charge in [-0.3, -0.25) is 4.90 Å². The van der Waals surface area contributed by atoms with E-state index in [1.54, 1.807) is 0 Å². The van der Waals surface area contributed by atoms with Crippen molar-refractivity contribution in [3.8, 4) is 11.5 Å². The van der Waals surface area contributed by atoms with E-state index in [1.165, 1.54) is 0 Å². The Morgan fingerprint density at radius 2 is 2.05 bits per heavy atom. The molecule has 1 N–H and O–H groups in total. The molecule has 0 amide bonds. The highest BCUT2D eigenvalue weighted by molar-refractivity contribution is 5.57. The van der Waals surface area contributed by atoms with Crippen molar-refractivity contribution in [2.75, 3.05) is 26.2 Å². The normalized spacial score (nSPS) is 16.7. The number of hydrogen-bond donors (Lipinski definition) is 1. The molecule has 5 nitrogen and oxygen atoms in total. The third-order valence-corrected chi connectivity index (χ3v) is 3.42. The van der Waals surface area contributed by atoms with Gasteiger partial charge in [-0.2, -0.15) is 4.98 Å². The molecule has 100 valence electrons. The lowest BCUT2D eigenvalue weighted by molar-refractivity contribution is 0.225. The van der Waals surface area contributed by atoms with Crippen LogP contribution in [0.2, 0.25) is 0 Å². The summed E-state index contributed by atoms with van der Waals surface area (Å²) in [5.74, 6) is 1.38. The lowest BCUT2D eigenvalue weighted by atomic mass is 10.1. The van der Waals surface area contributed by atoms with Crippen LogP contribution in [-0.4, -0.2) is 41.2 Å². The number of benzene rings is 1. The minimum atomic E-state index is 0.614. The van der Waals surface area contributed by atoms with Crippen molar-refractivity contribution in [2.45, 2.75) is 13.5 Å². The highest BCUT2D eigenvalue weighted by Gasteiger charge is 2.15. The molecule has 2 heterocycles. The summed E-state index contributed by atoms with van der Waals surface area (Å²) in [6.07, 6.45) is 0. The fourth-order valence-corrected chi connectivity index (χ4v) is 2.31. The van der Waals surface area contributed by atoms with Crippen molar-refractivity contribution in [1.29, 1.82) is 0 Å². The molecular formula is C14H18N4O. The Morgan fingerprint density at radius 1 is 1.26 bits per heavy atom. The second-order valence-electron chi connectivity index (χ2n) is 4.86. The molecule has 19 heavy (non-hydrogen) atoms. The van der Waals surface area contributed by atoms with Gasteiger partial charge in [-0.25, -0.2) is 0 Å². The van der Waals surface area contributed by atoms with Crippen LogP contribution in [0, 0.1) is 6.92 Å². The van der Waals surface area contributed by atoms with E-state index in [0.717, 1.165) is 49.7 Å². The smallest absolute Gasteiger partial charge is 0.258 e. The maximum absolute atomic E-state index is 5.37. The van der Waals surface area contributed by atoms with Crippen molar-refractivity contribution < 1.29 is 4.52 Å². The molecule has 5 heteroatoms. The molecule has 1 aromatic heterocycles. The van der Waals surface area contributed by atoms with Gasteiger partial charge in [-0.1, -0.05) is 23.4 Å². The minimum Gasteiger partial charge on any atom is -0.334 e. The Morgan fingerprint density at radius 3 is 2.84 bits per heavy atom. The van der Waals surface area contributed by atoms with Gasteiger partial charge >= 0.3 is 0 Å². The maximum atomic E-state index is 5.37. The van der Waals surface area contributed by atoms with Gasteiger partial charge in [0.1, 0.15) is 0 Å². The second kappa shape index (κ2) is 5.50. The van der Waals surface area contributed by atoms with Gasteiger partial charge in [0.05, 0.1) is 6.54 Å². The molecule has 0 unspecified atom stereocenters. The summed E-state index contributed by atoms with van der Waals surface area (Å²) >= 11 is 0. The number of nitrogens with zero attached hydrogens (tertiary/aromatic N) is 3. The molecule has 2 aromatic rings. The van der Waals surface area contributed by atoms with Gasteiger partial charge in [0, 0.05) is 31.7 Å². The quantitative estimate of drug-likeness (QED) is 0.903. The SMILES string of the molecule is Cc1ccccc1-c1nc(CN2CCNCC2)no1. The first-order valence-corrected chi connectivity index (χ1v) is 6.64. The predicted molar refractivity (Wildman–Crippen MR) is 72.6 cm³/mol. The number of hydrogen-bond acceptors (Lipinski definition) is 5. The first-order valence-electron chi connectivity index (χ1n) is 6.64. The van der Waals surface area contributed by atoms with E-state index in [0.29, 0.717) is 5.89 Å². The third kappa shape index (κ3) is 2.83. The molecule has 1 fully saturated rings. The second-order valence-corrected chi connectivity index (χ2v) is 4.86. The molecule has 1 aliphatic rings. The number of rotatable bonds is 3. The minimum absolute atomic E-state index is 0.614. The molecule has 0 bridgehead atoms. The Kier molecular flexibility index (Phi) is 3.57. The first kappa shape index (κ1) is 12.3. The monoisotopic (exact) mass is 258 g/mol. The zero-order chi connectivity index (χ0) is 13.1. The molecule has 0 atom stereocenters. The van der Waals surface area contributed by atoms with E-state index in [2.05, 4.69) is 33.3 Å². The van der Waals surface area contributed by atoms with Gasteiger partial charge in [0.15, 0.2) is 5.82 Å². The third-order valence-electron chi connectivity index (χ3n) is 3.42. The fraction of sp³-hybridized carbons (Fsp3) is 0.429. The highest BCUT2D eigenvalue weighted by atomic mass is 16.5. The molecule has 0 aliphatic carbocycles. The number of nitrogens with one attached hydrogen (secondary N) is 1. The molecular weight excluding hydrogens is 240 g/mol. The number of aryl methyl sites for hydroxylation is 1. The fourth-order valence-electron chi connectivity index (χ4n) is 2.31. The molecule has 0 spiro atoms. The standard InChI is InChI=1S/C14H18N4O/c1-11-4-2-3-5-12(11)14-16-13(17-19-14)10-18-8-6-15-7-9-18/h2-5,15H,6-10H2,1H3. The van der Waals surface area contributed by atoms with E-state index in [9.17, 15) is 0 Å². The highest BCUT2D eigenvalue weighted by Crippen LogP contribution is 2.21. The van der Waals surface area contributed by atoms with Gasteiger partial charge in [0.2, 0.25) is 0 Å². The Balaban J connectivity index is 1.74. The summed E-state index contributed by atoms with van der Waals surface area (Å²) in [4.78, 5) is 6.83. The molecule has 1 aromatic carbocycles. The summed E-state index contributed by atoms with van der Waals surface area (Å²) in [5, 5.41) is 7.41. The summed E-state index contributed by atoms with van der Waals surface area (Å²) in [5.41, 5.74) is 2.17. The van der Waals surface area contributed by atoms with E-state index >= 15 is 0 Å². The molecule has 3 rings (SSSR count). The van der Waals surface area contributed by atoms with Crippen molar-refractivity contribution in [3.05, 3.63) is 35.7 Å². The van der Waals surface area contributed by atoms with Crippen LogP contribution < -0.4 is 5.32 Å². The maximum Gasteiger partial charge on any atom is 0.258 e. The van der Waals surface area contributed by atoms with Crippen LogP contribution in [0.1, 0.15) is 11.4 Å². The van der Waals surface area contributed by atoms with Crippen LogP contribution in [0.15, 0.2) is 28.8 Å². The molecule has 0 radical (unpaired) electrons. The Labute approximate surface area is 112 Å². The molecule has 1 saturated heterocycles. The van der Waals surface area contributed by atoms with E-state index < -0.39 is 0 Å². The molecule has 1 aliphatic heterocycles. The average molecular weight is 258 g/mol. The van der Waals surface area contributed by atoms with Gasteiger partial charge < -0.3 is 9.84 Å². The van der Waals surface area contributed by atoms with Crippen LogP contribution in [0.4, 0.5) is 0 Å². The van der Waals surface area contributed by atoms with Crippen LogP contribution in [0.5, 0.6) is 0 Å². The zero-order valence-electron chi connectivity index (χ0n) is 11.1. The van der Waals surface area contributed by atoms with Crippen LogP contribution in [0.25, 0.3) is 11.5 Å². The lowest BCUT2D eigenvalue weighted by Gasteiger charge is -2.25. The predicted octanol–water partition coefficient (Wildman–Crippen LogP) is 1.45. The van der Waals surface area contributed by atoms with Crippen LogP contribution in [-0.2, 0) is 6.54 Å². The van der Waals surface area contributed by atoms with Crippen molar-refractivity contribution >= 4 is 0 Å². The van der Waals surface area contributed by atoms with Crippen LogP contribution >= 0.6 is 0 Å². The summed E-state index contributed by atoms with van der Waals surface area (Å²) in [6, 6.07) is 8.06. The zero-order valence-corrected chi connectivity index (χ0v) is 11.1. The van der Waals surface area contributed by atoms with Crippen molar-refractivity contribution in [1.82, 2.24) is 20.4 Å². The summed E-state index contributed by atoms with van der Waals surface area (Å²) in [7, 11) is 0. The van der Waals surface area contributed by atoms with Gasteiger partial charge in [-0.05, 0) is 18.6 Å². The van der Waals surface area contributed by atoms with Crippen LogP contribution in [0.3, 0.4) is 0 Å². The van der Waals surface area contributed by atoms with Crippen molar-refractivity contribution in [3.63, 3.8) is 0 Å². The summed E-state index contributed by atoms with van der Waals surface area (Å²) < 4.78 is 5.37. The first-order chi connectivity index (χ1) is 9.33.